The molecule has 0 bridgehead atoms. The van der Waals surface area contributed by atoms with Crippen LogP contribution in [0.25, 0.3) is 0 Å². The molecule has 0 atom stereocenters. The van der Waals surface area contributed by atoms with E-state index < -0.39 is 10.0 Å². The third-order valence-electron chi connectivity index (χ3n) is 5.20. The Morgan fingerprint density at radius 1 is 0.962 bits per heavy atom. The topological polar surface area (TPSA) is 57.6 Å². The van der Waals surface area contributed by atoms with Crippen LogP contribution in [0, 0.1) is 12.8 Å². The van der Waals surface area contributed by atoms with Gasteiger partial charge in [-0.25, -0.2) is 12.7 Å². The number of piperidine rings is 1. The van der Waals surface area contributed by atoms with E-state index in [9.17, 15) is 13.5 Å². The maximum absolute atomic E-state index is 12.6. The third kappa shape index (κ3) is 5.08. The van der Waals surface area contributed by atoms with Crippen LogP contribution in [0.1, 0.15) is 29.5 Å². The standard InChI is InChI=1S/C21H27NO3S/c1-17-2-4-18(5-3-17)12-15-26(24,25)22-13-10-20(11-14-22)16-19-6-8-21(23)9-7-19/h2-9,20,23H,10-16H2,1H3. The summed E-state index contributed by atoms with van der Waals surface area (Å²) in [6, 6.07) is 15.4. The molecule has 0 unspecified atom stereocenters. The monoisotopic (exact) mass is 373 g/mol. The Bertz CT molecular complexity index is 805. The number of rotatable bonds is 6. The van der Waals surface area contributed by atoms with Crippen molar-refractivity contribution in [3.63, 3.8) is 0 Å². The van der Waals surface area contributed by atoms with Crippen molar-refractivity contribution in [1.82, 2.24) is 4.31 Å². The van der Waals surface area contributed by atoms with E-state index in [2.05, 4.69) is 0 Å². The second kappa shape index (κ2) is 8.23. The SMILES string of the molecule is Cc1ccc(CCS(=O)(=O)N2CCC(Cc3ccc(O)cc3)CC2)cc1. The number of sulfonamides is 1. The van der Waals surface area contributed by atoms with Gasteiger partial charge in [0.05, 0.1) is 5.75 Å². The molecule has 0 saturated carbocycles. The summed E-state index contributed by atoms with van der Waals surface area (Å²) >= 11 is 0. The molecule has 0 aliphatic carbocycles. The maximum atomic E-state index is 12.6. The molecule has 4 nitrogen and oxygen atoms in total. The Hall–Kier alpha value is -1.85. The average molecular weight is 374 g/mol. The normalized spacial score (nSPS) is 16.7. The molecule has 1 heterocycles. The van der Waals surface area contributed by atoms with Crippen LogP contribution in [0.3, 0.4) is 0 Å². The van der Waals surface area contributed by atoms with Crippen molar-refractivity contribution in [2.75, 3.05) is 18.8 Å². The van der Waals surface area contributed by atoms with Crippen molar-refractivity contribution in [3.05, 3.63) is 65.2 Å². The highest BCUT2D eigenvalue weighted by atomic mass is 32.2. The number of phenols is 1. The number of aryl methyl sites for hydroxylation is 2. The van der Waals surface area contributed by atoms with E-state index in [0.29, 0.717) is 25.4 Å². The molecular weight excluding hydrogens is 346 g/mol. The minimum Gasteiger partial charge on any atom is -0.508 e. The second-order valence-electron chi connectivity index (χ2n) is 7.26. The van der Waals surface area contributed by atoms with Gasteiger partial charge in [0, 0.05) is 13.1 Å². The van der Waals surface area contributed by atoms with Crippen molar-refractivity contribution in [2.45, 2.75) is 32.6 Å². The Labute approximate surface area is 156 Å². The predicted octanol–water partition coefficient (Wildman–Crippen LogP) is 3.53. The molecule has 0 spiro atoms. The molecule has 0 aromatic heterocycles. The summed E-state index contributed by atoms with van der Waals surface area (Å²) in [6.07, 6.45) is 3.29. The molecule has 3 rings (SSSR count). The molecule has 5 heteroatoms. The van der Waals surface area contributed by atoms with E-state index in [1.54, 1.807) is 16.4 Å². The molecule has 1 saturated heterocycles. The van der Waals surface area contributed by atoms with Gasteiger partial charge in [0.25, 0.3) is 0 Å². The van der Waals surface area contributed by atoms with Gasteiger partial charge in [0.15, 0.2) is 0 Å². The Morgan fingerprint density at radius 3 is 2.15 bits per heavy atom. The zero-order chi connectivity index (χ0) is 18.6. The maximum Gasteiger partial charge on any atom is 0.214 e. The van der Waals surface area contributed by atoms with Crippen LogP contribution >= 0.6 is 0 Å². The lowest BCUT2D eigenvalue weighted by atomic mass is 9.91. The lowest BCUT2D eigenvalue weighted by molar-refractivity contribution is 0.273. The van der Waals surface area contributed by atoms with Crippen LogP contribution in [0.5, 0.6) is 5.75 Å². The molecule has 2 aromatic carbocycles. The molecule has 26 heavy (non-hydrogen) atoms. The van der Waals surface area contributed by atoms with Crippen molar-refractivity contribution in [3.8, 4) is 5.75 Å². The summed E-state index contributed by atoms with van der Waals surface area (Å²) in [5.74, 6) is 0.963. The minimum atomic E-state index is -3.19. The first-order valence-electron chi connectivity index (χ1n) is 9.24. The van der Waals surface area contributed by atoms with Crippen LogP contribution in [-0.2, 0) is 22.9 Å². The molecular formula is C21H27NO3S. The van der Waals surface area contributed by atoms with Gasteiger partial charge < -0.3 is 5.11 Å². The first-order chi connectivity index (χ1) is 12.4. The fourth-order valence-corrected chi connectivity index (χ4v) is 5.01. The molecule has 2 aromatic rings. The number of phenolic OH excluding ortho intramolecular Hbond substituents is 1. The second-order valence-corrected chi connectivity index (χ2v) is 9.35. The quantitative estimate of drug-likeness (QED) is 0.843. The van der Waals surface area contributed by atoms with Crippen LogP contribution in [0.15, 0.2) is 48.5 Å². The van der Waals surface area contributed by atoms with Gasteiger partial charge in [-0.05, 0) is 61.8 Å². The smallest absolute Gasteiger partial charge is 0.214 e. The third-order valence-corrected chi connectivity index (χ3v) is 7.07. The van der Waals surface area contributed by atoms with Crippen LogP contribution in [0.2, 0.25) is 0 Å². The van der Waals surface area contributed by atoms with Gasteiger partial charge in [-0.15, -0.1) is 0 Å². The summed E-state index contributed by atoms with van der Waals surface area (Å²) in [5.41, 5.74) is 3.46. The molecule has 1 aliphatic rings. The van der Waals surface area contributed by atoms with E-state index in [1.807, 2.05) is 43.3 Å². The molecule has 0 radical (unpaired) electrons. The van der Waals surface area contributed by atoms with Gasteiger partial charge in [-0.1, -0.05) is 42.0 Å². The lowest BCUT2D eigenvalue weighted by Crippen LogP contribution is -2.40. The van der Waals surface area contributed by atoms with Crippen molar-refractivity contribution in [1.29, 1.82) is 0 Å². The highest BCUT2D eigenvalue weighted by Crippen LogP contribution is 2.24. The molecule has 0 amide bonds. The first-order valence-corrected chi connectivity index (χ1v) is 10.8. The summed E-state index contributed by atoms with van der Waals surface area (Å²) in [5, 5.41) is 9.36. The summed E-state index contributed by atoms with van der Waals surface area (Å²) < 4.78 is 26.9. The fraction of sp³-hybridized carbons (Fsp3) is 0.429. The van der Waals surface area contributed by atoms with Crippen molar-refractivity contribution >= 4 is 10.0 Å². The average Bonchev–Trinajstić information content (AvgIpc) is 2.64. The van der Waals surface area contributed by atoms with Gasteiger partial charge >= 0.3 is 0 Å². The van der Waals surface area contributed by atoms with Crippen molar-refractivity contribution in [2.24, 2.45) is 5.92 Å². The minimum absolute atomic E-state index is 0.179. The zero-order valence-corrected chi connectivity index (χ0v) is 16.1. The van der Waals surface area contributed by atoms with E-state index >= 15 is 0 Å². The fourth-order valence-electron chi connectivity index (χ4n) is 3.49. The van der Waals surface area contributed by atoms with Gasteiger partial charge in [-0.2, -0.15) is 0 Å². The zero-order valence-electron chi connectivity index (χ0n) is 15.3. The molecule has 140 valence electrons. The first kappa shape index (κ1) is 18.9. The molecule has 1 aliphatic heterocycles. The number of hydrogen-bond donors (Lipinski definition) is 1. The van der Waals surface area contributed by atoms with E-state index in [0.717, 1.165) is 24.8 Å². The van der Waals surface area contributed by atoms with Gasteiger partial charge in [-0.3, -0.25) is 0 Å². The number of nitrogens with zero attached hydrogens (tertiary/aromatic N) is 1. The number of hydrogen-bond acceptors (Lipinski definition) is 3. The Balaban J connectivity index is 1.49. The summed E-state index contributed by atoms with van der Waals surface area (Å²) in [6.45, 7) is 3.25. The van der Waals surface area contributed by atoms with Crippen molar-refractivity contribution < 1.29 is 13.5 Å². The predicted molar refractivity (Wildman–Crippen MR) is 105 cm³/mol. The van der Waals surface area contributed by atoms with E-state index in [1.165, 1.54) is 11.1 Å². The van der Waals surface area contributed by atoms with Crippen LogP contribution in [-0.4, -0.2) is 36.7 Å². The highest BCUT2D eigenvalue weighted by Gasteiger charge is 2.27. The summed E-state index contributed by atoms with van der Waals surface area (Å²) in [7, 11) is -3.19. The van der Waals surface area contributed by atoms with Crippen LogP contribution in [0.4, 0.5) is 0 Å². The number of benzene rings is 2. The summed E-state index contributed by atoms with van der Waals surface area (Å²) in [4.78, 5) is 0. The lowest BCUT2D eigenvalue weighted by Gasteiger charge is -2.31. The van der Waals surface area contributed by atoms with E-state index in [4.69, 9.17) is 0 Å². The number of aromatic hydroxyl groups is 1. The molecule has 1 fully saturated rings. The van der Waals surface area contributed by atoms with E-state index in [-0.39, 0.29) is 11.5 Å². The van der Waals surface area contributed by atoms with Crippen LogP contribution < -0.4 is 0 Å². The van der Waals surface area contributed by atoms with Gasteiger partial charge in [0.2, 0.25) is 10.0 Å². The highest BCUT2D eigenvalue weighted by molar-refractivity contribution is 7.89. The van der Waals surface area contributed by atoms with Gasteiger partial charge in [0.1, 0.15) is 5.75 Å². The Kier molecular flexibility index (Phi) is 5.99. The Morgan fingerprint density at radius 2 is 1.54 bits per heavy atom. The largest absolute Gasteiger partial charge is 0.508 e. The molecule has 1 N–H and O–H groups in total.